The van der Waals surface area contributed by atoms with Crippen LogP contribution in [0, 0.1) is 11.8 Å². The van der Waals surface area contributed by atoms with Crippen LogP contribution in [-0.2, 0) is 14.3 Å². The fourth-order valence-electron chi connectivity index (χ4n) is 2.59. The highest BCUT2D eigenvalue weighted by Crippen LogP contribution is 2.25. The van der Waals surface area contributed by atoms with Crippen LogP contribution in [0.25, 0.3) is 0 Å². The molecular weight excluding hydrogens is 218 g/mol. The van der Waals surface area contributed by atoms with Crippen molar-refractivity contribution < 1.29 is 14.3 Å². The van der Waals surface area contributed by atoms with E-state index in [1.807, 2.05) is 0 Å². The largest absolute Gasteiger partial charge is 0.465 e. The molecule has 0 aromatic carbocycles. The first kappa shape index (κ1) is 12.8. The third kappa shape index (κ3) is 3.96. The van der Waals surface area contributed by atoms with E-state index in [2.05, 4.69) is 0 Å². The molecule has 2 aliphatic rings. The second kappa shape index (κ2) is 6.36. The first-order valence-corrected chi connectivity index (χ1v) is 6.75. The Bertz CT molecular complexity index is 243. The molecule has 2 fully saturated rings. The van der Waals surface area contributed by atoms with Crippen molar-refractivity contribution in [1.29, 1.82) is 0 Å². The van der Waals surface area contributed by atoms with Crippen molar-refractivity contribution in [2.45, 2.75) is 44.6 Å². The molecule has 0 atom stereocenters. The van der Waals surface area contributed by atoms with Gasteiger partial charge in [-0.1, -0.05) is 0 Å². The fourth-order valence-corrected chi connectivity index (χ4v) is 2.59. The summed E-state index contributed by atoms with van der Waals surface area (Å²) in [5.74, 6) is 0.580. The third-order valence-electron chi connectivity index (χ3n) is 3.91. The maximum absolute atomic E-state index is 11.9. The zero-order valence-electron chi connectivity index (χ0n) is 10.4. The highest BCUT2D eigenvalue weighted by atomic mass is 16.5. The van der Waals surface area contributed by atoms with E-state index >= 15 is 0 Å². The van der Waals surface area contributed by atoms with E-state index in [0.29, 0.717) is 12.5 Å². The number of esters is 1. The molecule has 17 heavy (non-hydrogen) atoms. The SMILES string of the molecule is NC1CCC(C(=O)OCC2CCOCC2)CC1. The highest BCUT2D eigenvalue weighted by molar-refractivity contribution is 5.72. The summed E-state index contributed by atoms with van der Waals surface area (Å²) in [6, 6.07) is 0.287. The maximum Gasteiger partial charge on any atom is 0.308 e. The van der Waals surface area contributed by atoms with E-state index in [4.69, 9.17) is 15.2 Å². The van der Waals surface area contributed by atoms with Gasteiger partial charge in [0.05, 0.1) is 12.5 Å². The molecule has 4 heteroatoms. The van der Waals surface area contributed by atoms with Crippen molar-refractivity contribution in [3.8, 4) is 0 Å². The molecule has 1 aliphatic heterocycles. The highest BCUT2D eigenvalue weighted by Gasteiger charge is 2.26. The second-order valence-electron chi connectivity index (χ2n) is 5.30. The summed E-state index contributed by atoms with van der Waals surface area (Å²) in [7, 11) is 0. The Hall–Kier alpha value is -0.610. The lowest BCUT2D eigenvalue weighted by atomic mass is 9.86. The van der Waals surface area contributed by atoms with Gasteiger partial charge in [0.2, 0.25) is 0 Å². The number of nitrogens with two attached hydrogens (primary N) is 1. The molecule has 0 radical (unpaired) electrons. The molecule has 0 unspecified atom stereocenters. The van der Waals surface area contributed by atoms with Crippen LogP contribution in [0.3, 0.4) is 0 Å². The number of rotatable bonds is 3. The van der Waals surface area contributed by atoms with Crippen molar-refractivity contribution in [2.75, 3.05) is 19.8 Å². The van der Waals surface area contributed by atoms with Gasteiger partial charge in [0.25, 0.3) is 0 Å². The minimum atomic E-state index is -0.0107. The van der Waals surface area contributed by atoms with Crippen LogP contribution in [0.4, 0.5) is 0 Å². The summed E-state index contributed by atoms with van der Waals surface area (Å²) in [6.45, 7) is 2.19. The van der Waals surface area contributed by atoms with Crippen molar-refractivity contribution in [3.05, 3.63) is 0 Å². The van der Waals surface area contributed by atoms with E-state index in [0.717, 1.165) is 51.7 Å². The van der Waals surface area contributed by atoms with Gasteiger partial charge in [-0.2, -0.15) is 0 Å². The van der Waals surface area contributed by atoms with E-state index in [1.165, 1.54) is 0 Å². The molecule has 0 amide bonds. The number of carbonyl (C=O) groups is 1. The molecule has 98 valence electrons. The molecule has 0 bridgehead atoms. The molecule has 1 saturated heterocycles. The van der Waals surface area contributed by atoms with Gasteiger partial charge in [0.1, 0.15) is 0 Å². The second-order valence-corrected chi connectivity index (χ2v) is 5.30. The molecule has 2 N–H and O–H groups in total. The summed E-state index contributed by atoms with van der Waals surface area (Å²) in [6.07, 6.45) is 5.74. The Balaban J connectivity index is 1.66. The van der Waals surface area contributed by atoms with Gasteiger partial charge in [-0.05, 0) is 44.4 Å². The maximum atomic E-state index is 11.9. The Labute approximate surface area is 103 Å². The van der Waals surface area contributed by atoms with Crippen LogP contribution in [0.5, 0.6) is 0 Å². The topological polar surface area (TPSA) is 61.6 Å². The average Bonchev–Trinajstić information content (AvgIpc) is 2.38. The van der Waals surface area contributed by atoms with Crippen LogP contribution < -0.4 is 5.73 Å². The Morgan fingerprint density at radius 3 is 2.41 bits per heavy atom. The Morgan fingerprint density at radius 2 is 1.76 bits per heavy atom. The van der Waals surface area contributed by atoms with Crippen LogP contribution in [0.2, 0.25) is 0 Å². The van der Waals surface area contributed by atoms with Gasteiger partial charge in [0.15, 0.2) is 0 Å². The zero-order chi connectivity index (χ0) is 12.1. The minimum absolute atomic E-state index is 0.0107. The lowest BCUT2D eigenvalue weighted by Crippen LogP contribution is -2.31. The van der Waals surface area contributed by atoms with Crippen molar-refractivity contribution >= 4 is 5.97 Å². The molecule has 2 rings (SSSR count). The standard InChI is InChI=1S/C13H23NO3/c14-12-3-1-11(2-4-12)13(15)17-9-10-5-7-16-8-6-10/h10-12H,1-9,14H2. The molecule has 0 aromatic heterocycles. The van der Waals surface area contributed by atoms with E-state index in [1.54, 1.807) is 0 Å². The van der Waals surface area contributed by atoms with Gasteiger partial charge in [-0.3, -0.25) is 4.79 Å². The normalized spacial score (nSPS) is 31.1. The third-order valence-corrected chi connectivity index (χ3v) is 3.91. The van der Waals surface area contributed by atoms with Gasteiger partial charge in [0, 0.05) is 19.3 Å². The van der Waals surface area contributed by atoms with E-state index in [9.17, 15) is 4.79 Å². The predicted molar refractivity (Wildman–Crippen MR) is 64.4 cm³/mol. The van der Waals surface area contributed by atoms with Crippen molar-refractivity contribution in [1.82, 2.24) is 0 Å². The van der Waals surface area contributed by atoms with Crippen LogP contribution in [0.15, 0.2) is 0 Å². The molecule has 1 heterocycles. The first-order chi connectivity index (χ1) is 8.25. The Morgan fingerprint density at radius 1 is 1.12 bits per heavy atom. The summed E-state index contributed by atoms with van der Waals surface area (Å²) in [5, 5.41) is 0. The van der Waals surface area contributed by atoms with Crippen LogP contribution in [0.1, 0.15) is 38.5 Å². The van der Waals surface area contributed by atoms with Gasteiger partial charge in [-0.25, -0.2) is 0 Å². The first-order valence-electron chi connectivity index (χ1n) is 6.75. The summed E-state index contributed by atoms with van der Waals surface area (Å²) < 4.78 is 10.7. The average molecular weight is 241 g/mol. The fraction of sp³-hybridized carbons (Fsp3) is 0.923. The zero-order valence-corrected chi connectivity index (χ0v) is 10.4. The molecule has 0 aromatic rings. The summed E-state index contributed by atoms with van der Waals surface area (Å²) >= 11 is 0. The lowest BCUT2D eigenvalue weighted by molar-refractivity contribution is -0.152. The van der Waals surface area contributed by atoms with E-state index in [-0.39, 0.29) is 17.9 Å². The molecular formula is C13H23NO3. The van der Waals surface area contributed by atoms with Crippen LogP contribution in [-0.4, -0.2) is 31.8 Å². The lowest BCUT2D eigenvalue weighted by Gasteiger charge is -2.26. The smallest absolute Gasteiger partial charge is 0.308 e. The monoisotopic (exact) mass is 241 g/mol. The number of carbonyl (C=O) groups excluding carboxylic acids is 1. The quantitative estimate of drug-likeness (QED) is 0.760. The number of hydrogen-bond donors (Lipinski definition) is 1. The van der Waals surface area contributed by atoms with Gasteiger partial charge >= 0.3 is 5.97 Å². The summed E-state index contributed by atoms with van der Waals surface area (Å²) in [4.78, 5) is 11.9. The van der Waals surface area contributed by atoms with Crippen LogP contribution >= 0.6 is 0 Å². The van der Waals surface area contributed by atoms with Gasteiger partial charge in [-0.15, -0.1) is 0 Å². The Kier molecular flexibility index (Phi) is 4.80. The number of hydrogen-bond acceptors (Lipinski definition) is 4. The van der Waals surface area contributed by atoms with E-state index < -0.39 is 0 Å². The number of ether oxygens (including phenoxy) is 2. The predicted octanol–water partition coefficient (Wildman–Crippen LogP) is 1.47. The van der Waals surface area contributed by atoms with Gasteiger partial charge < -0.3 is 15.2 Å². The molecule has 4 nitrogen and oxygen atoms in total. The van der Waals surface area contributed by atoms with Crippen molar-refractivity contribution in [3.63, 3.8) is 0 Å². The minimum Gasteiger partial charge on any atom is -0.465 e. The summed E-state index contributed by atoms with van der Waals surface area (Å²) in [5.41, 5.74) is 5.82. The molecule has 1 aliphatic carbocycles. The molecule has 1 saturated carbocycles. The van der Waals surface area contributed by atoms with Crippen molar-refractivity contribution in [2.24, 2.45) is 17.6 Å². The molecule has 0 spiro atoms.